The van der Waals surface area contributed by atoms with Gasteiger partial charge in [-0.2, -0.15) is 0 Å². The largest absolute Gasteiger partial charge is 0.494 e. The quantitative estimate of drug-likeness (QED) is 0.752. The second-order valence-corrected chi connectivity index (χ2v) is 6.75. The lowest BCUT2D eigenvalue weighted by Crippen LogP contribution is -2.12. The molecule has 23 heavy (non-hydrogen) atoms. The van der Waals surface area contributed by atoms with E-state index in [1.165, 1.54) is 12.1 Å². The summed E-state index contributed by atoms with van der Waals surface area (Å²) < 4.78 is 32.8. The summed E-state index contributed by atoms with van der Waals surface area (Å²) in [6.45, 7) is 4.26. The summed E-state index contributed by atoms with van der Waals surface area (Å²) in [7, 11) is -3.65. The summed E-state index contributed by atoms with van der Waals surface area (Å²) in [6, 6.07) is 11.5. The molecule has 2 N–H and O–H groups in total. The number of hydrogen-bond acceptors (Lipinski definition) is 4. The molecular formula is C16H17N3O3S. The monoisotopic (exact) mass is 331 g/mol. The molecule has 2 aromatic carbocycles. The van der Waals surface area contributed by atoms with Gasteiger partial charge in [-0.15, -0.1) is 0 Å². The Bertz CT molecular complexity index is 931. The molecule has 0 aliphatic rings. The molecule has 3 rings (SSSR count). The summed E-state index contributed by atoms with van der Waals surface area (Å²) in [6.07, 6.45) is 0. The zero-order valence-electron chi connectivity index (χ0n) is 12.8. The Balaban J connectivity index is 1.86. The summed E-state index contributed by atoms with van der Waals surface area (Å²) in [5.41, 5.74) is 2.07. The van der Waals surface area contributed by atoms with Gasteiger partial charge in [0.25, 0.3) is 10.0 Å². The van der Waals surface area contributed by atoms with Gasteiger partial charge in [-0.1, -0.05) is 0 Å². The maximum atomic E-state index is 12.4. The van der Waals surface area contributed by atoms with Crippen molar-refractivity contribution in [3.05, 3.63) is 48.3 Å². The SMILES string of the molecule is CCOc1ccc(S(=O)(=O)Nc2ccc3nc(C)[nH]c3c2)cc1. The molecule has 1 aromatic heterocycles. The van der Waals surface area contributed by atoms with Crippen molar-refractivity contribution < 1.29 is 13.2 Å². The summed E-state index contributed by atoms with van der Waals surface area (Å²) in [5.74, 6) is 1.42. The average molecular weight is 331 g/mol. The highest BCUT2D eigenvalue weighted by Crippen LogP contribution is 2.22. The fraction of sp³-hybridized carbons (Fsp3) is 0.188. The molecule has 0 bridgehead atoms. The van der Waals surface area contributed by atoms with Crippen LogP contribution in [0.4, 0.5) is 5.69 Å². The van der Waals surface area contributed by atoms with Crippen LogP contribution in [0.25, 0.3) is 11.0 Å². The van der Waals surface area contributed by atoms with Crippen LogP contribution in [0.5, 0.6) is 5.75 Å². The number of aryl methyl sites for hydroxylation is 1. The first kappa shape index (κ1) is 15.4. The Kier molecular flexibility index (Phi) is 3.96. The van der Waals surface area contributed by atoms with Gasteiger partial charge in [0.15, 0.2) is 0 Å². The molecule has 0 atom stereocenters. The molecule has 3 aromatic rings. The number of ether oxygens (including phenoxy) is 1. The van der Waals surface area contributed by atoms with Crippen molar-refractivity contribution in [3.63, 3.8) is 0 Å². The molecule has 0 radical (unpaired) electrons. The van der Waals surface area contributed by atoms with Crippen molar-refractivity contribution in [2.24, 2.45) is 0 Å². The number of sulfonamides is 1. The van der Waals surface area contributed by atoms with Crippen molar-refractivity contribution in [3.8, 4) is 5.75 Å². The van der Waals surface area contributed by atoms with E-state index in [4.69, 9.17) is 4.74 Å². The second kappa shape index (κ2) is 5.92. The number of aromatic amines is 1. The fourth-order valence-electron chi connectivity index (χ4n) is 2.30. The number of hydrogen-bond donors (Lipinski definition) is 2. The van der Waals surface area contributed by atoms with E-state index in [-0.39, 0.29) is 4.90 Å². The van der Waals surface area contributed by atoms with Gasteiger partial charge in [-0.3, -0.25) is 4.72 Å². The molecule has 6 nitrogen and oxygen atoms in total. The Hall–Kier alpha value is -2.54. The molecule has 120 valence electrons. The van der Waals surface area contributed by atoms with Gasteiger partial charge in [0, 0.05) is 0 Å². The van der Waals surface area contributed by atoms with Crippen LogP contribution in [0, 0.1) is 6.92 Å². The first-order valence-corrected chi connectivity index (χ1v) is 8.68. The van der Waals surface area contributed by atoms with Crippen LogP contribution >= 0.6 is 0 Å². The number of anilines is 1. The second-order valence-electron chi connectivity index (χ2n) is 5.06. The first-order valence-electron chi connectivity index (χ1n) is 7.20. The Morgan fingerprint density at radius 2 is 1.91 bits per heavy atom. The number of imidazole rings is 1. The minimum absolute atomic E-state index is 0.182. The third kappa shape index (κ3) is 3.29. The van der Waals surface area contributed by atoms with E-state index in [2.05, 4.69) is 14.7 Å². The predicted molar refractivity (Wildman–Crippen MR) is 89.3 cm³/mol. The van der Waals surface area contributed by atoms with E-state index in [9.17, 15) is 8.42 Å². The van der Waals surface area contributed by atoms with Gasteiger partial charge >= 0.3 is 0 Å². The molecule has 0 saturated heterocycles. The Morgan fingerprint density at radius 3 is 2.61 bits per heavy atom. The van der Waals surface area contributed by atoms with Crippen LogP contribution in [0.3, 0.4) is 0 Å². The van der Waals surface area contributed by atoms with Crippen molar-refractivity contribution >= 4 is 26.7 Å². The lowest BCUT2D eigenvalue weighted by atomic mass is 10.3. The van der Waals surface area contributed by atoms with Gasteiger partial charge in [0.05, 0.1) is 28.2 Å². The molecular weight excluding hydrogens is 314 g/mol. The zero-order valence-corrected chi connectivity index (χ0v) is 13.6. The molecule has 0 aliphatic carbocycles. The van der Waals surface area contributed by atoms with Gasteiger partial charge in [-0.25, -0.2) is 13.4 Å². The van der Waals surface area contributed by atoms with Gasteiger partial charge in [0.2, 0.25) is 0 Å². The molecule has 0 unspecified atom stereocenters. The van der Waals surface area contributed by atoms with E-state index < -0.39 is 10.0 Å². The van der Waals surface area contributed by atoms with Crippen LogP contribution in [0.2, 0.25) is 0 Å². The van der Waals surface area contributed by atoms with Crippen LogP contribution < -0.4 is 9.46 Å². The topological polar surface area (TPSA) is 84.1 Å². The van der Waals surface area contributed by atoms with Gasteiger partial charge in [-0.05, 0) is 56.3 Å². The number of nitrogens with zero attached hydrogens (tertiary/aromatic N) is 1. The number of fused-ring (bicyclic) bond motifs is 1. The minimum atomic E-state index is -3.65. The summed E-state index contributed by atoms with van der Waals surface area (Å²) in [5, 5.41) is 0. The highest BCUT2D eigenvalue weighted by atomic mass is 32.2. The molecule has 1 heterocycles. The van der Waals surface area contributed by atoms with Crippen LogP contribution in [0.1, 0.15) is 12.7 Å². The standard InChI is InChI=1S/C16H17N3O3S/c1-3-22-13-5-7-14(8-6-13)23(20,21)19-12-4-9-15-16(10-12)18-11(2)17-15/h4-10,19H,3H2,1-2H3,(H,17,18). The molecule has 0 saturated carbocycles. The highest BCUT2D eigenvalue weighted by molar-refractivity contribution is 7.92. The maximum Gasteiger partial charge on any atom is 0.261 e. The lowest BCUT2D eigenvalue weighted by Gasteiger charge is -2.09. The van der Waals surface area contributed by atoms with E-state index in [0.717, 1.165) is 16.9 Å². The Morgan fingerprint density at radius 1 is 1.17 bits per heavy atom. The van der Waals surface area contributed by atoms with Crippen molar-refractivity contribution in [2.75, 3.05) is 11.3 Å². The number of H-pyrrole nitrogens is 1. The normalized spacial score (nSPS) is 11.6. The Labute approximate surface area is 134 Å². The van der Waals surface area contributed by atoms with E-state index in [1.807, 2.05) is 13.8 Å². The number of rotatable bonds is 5. The predicted octanol–water partition coefficient (Wildman–Crippen LogP) is 3.07. The number of benzene rings is 2. The summed E-state index contributed by atoms with van der Waals surface area (Å²) >= 11 is 0. The van der Waals surface area contributed by atoms with Crippen LogP contribution in [-0.4, -0.2) is 25.0 Å². The van der Waals surface area contributed by atoms with Crippen molar-refractivity contribution in [1.29, 1.82) is 0 Å². The van der Waals surface area contributed by atoms with Crippen molar-refractivity contribution in [1.82, 2.24) is 9.97 Å². The third-order valence-corrected chi connectivity index (χ3v) is 4.69. The molecule has 0 fully saturated rings. The maximum absolute atomic E-state index is 12.4. The van der Waals surface area contributed by atoms with E-state index >= 15 is 0 Å². The lowest BCUT2D eigenvalue weighted by molar-refractivity contribution is 0.340. The van der Waals surface area contributed by atoms with Gasteiger partial charge in [0.1, 0.15) is 11.6 Å². The zero-order chi connectivity index (χ0) is 16.4. The molecule has 0 spiro atoms. The third-order valence-electron chi connectivity index (χ3n) is 3.30. The van der Waals surface area contributed by atoms with Gasteiger partial charge < -0.3 is 9.72 Å². The smallest absolute Gasteiger partial charge is 0.261 e. The van der Waals surface area contributed by atoms with Crippen molar-refractivity contribution in [2.45, 2.75) is 18.7 Å². The fourth-order valence-corrected chi connectivity index (χ4v) is 3.35. The molecule has 0 aliphatic heterocycles. The average Bonchev–Trinajstić information content (AvgIpc) is 2.87. The van der Waals surface area contributed by atoms with E-state index in [1.54, 1.807) is 30.3 Å². The van der Waals surface area contributed by atoms with Crippen LogP contribution in [0.15, 0.2) is 47.4 Å². The molecule has 0 amide bonds. The number of aromatic nitrogens is 2. The first-order chi connectivity index (χ1) is 11.0. The number of nitrogens with one attached hydrogen (secondary N) is 2. The highest BCUT2D eigenvalue weighted by Gasteiger charge is 2.14. The summed E-state index contributed by atoms with van der Waals surface area (Å²) in [4.78, 5) is 7.56. The van der Waals surface area contributed by atoms with E-state index in [0.29, 0.717) is 18.0 Å². The van der Waals surface area contributed by atoms with Crippen LogP contribution in [-0.2, 0) is 10.0 Å². The molecule has 7 heteroatoms. The minimum Gasteiger partial charge on any atom is -0.494 e.